The number of aliphatic imine (C=N–C) groups is 1. The van der Waals surface area contributed by atoms with Gasteiger partial charge in [0, 0.05) is 32.8 Å². The van der Waals surface area contributed by atoms with E-state index < -0.39 is 0 Å². The maximum absolute atomic E-state index is 14.3. The molecule has 1 aromatic rings. The Balaban J connectivity index is 2.69. The standard InChI is InChI=1S/C18H31FN4O/c1-5-20-18(21-11-12-24-8-4)22-14-15-9-10-17(16(19)13-15)23(6-2)7-3/h9-10,13H,5-8,11-12,14H2,1-4H3,(H2,20,21,22). The lowest BCUT2D eigenvalue weighted by molar-refractivity contribution is 0.152. The van der Waals surface area contributed by atoms with Crippen LogP contribution in [0.5, 0.6) is 0 Å². The van der Waals surface area contributed by atoms with Gasteiger partial charge in [0.15, 0.2) is 5.96 Å². The van der Waals surface area contributed by atoms with E-state index in [2.05, 4.69) is 15.6 Å². The maximum Gasteiger partial charge on any atom is 0.191 e. The molecular formula is C18H31FN4O. The number of rotatable bonds is 10. The monoisotopic (exact) mass is 338 g/mol. The number of nitrogens with one attached hydrogen (secondary N) is 2. The van der Waals surface area contributed by atoms with Crippen LogP contribution in [0.1, 0.15) is 33.3 Å². The van der Waals surface area contributed by atoms with Gasteiger partial charge in [-0.25, -0.2) is 9.38 Å². The van der Waals surface area contributed by atoms with Crippen LogP contribution < -0.4 is 15.5 Å². The Bertz CT molecular complexity index is 504. The Hall–Kier alpha value is -1.82. The van der Waals surface area contributed by atoms with Gasteiger partial charge in [-0.1, -0.05) is 6.07 Å². The SMILES string of the molecule is CCNC(=NCc1ccc(N(CC)CC)c(F)c1)NCCOCC. The molecule has 136 valence electrons. The zero-order valence-electron chi connectivity index (χ0n) is 15.4. The van der Waals surface area contributed by atoms with E-state index in [0.29, 0.717) is 38.0 Å². The van der Waals surface area contributed by atoms with Crippen molar-refractivity contribution >= 4 is 11.6 Å². The van der Waals surface area contributed by atoms with Crippen LogP contribution in [0.2, 0.25) is 0 Å². The Kier molecular flexibility index (Phi) is 9.84. The number of ether oxygens (including phenoxy) is 1. The summed E-state index contributed by atoms with van der Waals surface area (Å²) in [5, 5.41) is 6.37. The van der Waals surface area contributed by atoms with Crippen LogP contribution in [0.25, 0.3) is 0 Å². The summed E-state index contributed by atoms with van der Waals surface area (Å²) in [7, 11) is 0. The molecule has 0 heterocycles. The minimum absolute atomic E-state index is 0.194. The predicted molar refractivity (Wildman–Crippen MR) is 99.3 cm³/mol. The second kappa shape index (κ2) is 11.7. The van der Waals surface area contributed by atoms with Crippen LogP contribution in [0.15, 0.2) is 23.2 Å². The average molecular weight is 338 g/mol. The molecular weight excluding hydrogens is 307 g/mol. The molecule has 2 N–H and O–H groups in total. The summed E-state index contributed by atoms with van der Waals surface area (Å²) in [5.41, 5.74) is 1.50. The Labute approximate surface area is 145 Å². The predicted octanol–water partition coefficient (Wildman–Crippen LogP) is 2.76. The highest BCUT2D eigenvalue weighted by Gasteiger charge is 2.09. The highest BCUT2D eigenvalue weighted by atomic mass is 19.1. The lowest BCUT2D eigenvalue weighted by Gasteiger charge is -2.21. The van der Waals surface area contributed by atoms with Crippen molar-refractivity contribution in [1.82, 2.24) is 10.6 Å². The van der Waals surface area contributed by atoms with Crippen molar-refractivity contribution in [3.8, 4) is 0 Å². The number of hydrogen-bond acceptors (Lipinski definition) is 3. The molecule has 6 heteroatoms. The molecule has 0 aromatic heterocycles. The summed E-state index contributed by atoms with van der Waals surface area (Å²) < 4.78 is 19.6. The number of anilines is 1. The molecule has 0 atom stereocenters. The van der Waals surface area contributed by atoms with E-state index in [9.17, 15) is 4.39 Å². The van der Waals surface area contributed by atoms with E-state index in [1.54, 1.807) is 6.07 Å². The summed E-state index contributed by atoms with van der Waals surface area (Å²) in [4.78, 5) is 6.50. The molecule has 1 rings (SSSR count). The lowest BCUT2D eigenvalue weighted by Crippen LogP contribution is -2.39. The van der Waals surface area contributed by atoms with Crippen molar-refractivity contribution in [1.29, 1.82) is 0 Å². The molecule has 1 aromatic carbocycles. The summed E-state index contributed by atoms with van der Waals surface area (Å²) in [5.74, 6) is 0.520. The third-order valence-corrected chi connectivity index (χ3v) is 3.62. The van der Waals surface area contributed by atoms with Gasteiger partial charge in [0.25, 0.3) is 0 Å². The number of guanidine groups is 1. The summed E-state index contributed by atoms with van der Waals surface area (Å²) in [6.45, 7) is 12.8. The third kappa shape index (κ3) is 6.74. The zero-order valence-corrected chi connectivity index (χ0v) is 15.4. The van der Waals surface area contributed by atoms with Crippen LogP contribution >= 0.6 is 0 Å². The zero-order chi connectivity index (χ0) is 17.8. The molecule has 0 bridgehead atoms. The van der Waals surface area contributed by atoms with Gasteiger partial charge in [0.05, 0.1) is 18.8 Å². The van der Waals surface area contributed by atoms with Crippen molar-refractivity contribution < 1.29 is 9.13 Å². The summed E-state index contributed by atoms with van der Waals surface area (Å²) in [6.07, 6.45) is 0. The van der Waals surface area contributed by atoms with Crippen molar-refractivity contribution in [3.63, 3.8) is 0 Å². The van der Waals surface area contributed by atoms with Crippen LogP contribution in [0, 0.1) is 5.82 Å². The van der Waals surface area contributed by atoms with Crippen LogP contribution in [-0.4, -0.2) is 45.4 Å². The topological polar surface area (TPSA) is 48.9 Å². The molecule has 0 saturated carbocycles. The highest BCUT2D eigenvalue weighted by molar-refractivity contribution is 5.79. The van der Waals surface area contributed by atoms with Crippen molar-refractivity contribution in [2.24, 2.45) is 4.99 Å². The van der Waals surface area contributed by atoms with Gasteiger partial charge >= 0.3 is 0 Å². The van der Waals surface area contributed by atoms with Gasteiger partial charge < -0.3 is 20.3 Å². The minimum atomic E-state index is -0.194. The van der Waals surface area contributed by atoms with E-state index in [4.69, 9.17) is 4.74 Å². The van der Waals surface area contributed by atoms with Gasteiger partial charge in [-0.05, 0) is 45.4 Å². The molecule has 0 radical (unpaired) electrons. The van der Waals surface area contributed by atoms with E-state index in [-0.39, 0.29) is 5.82 Å². The Morgan fingerprint density at radius 3 is 2.50 bits per heavy atom. The molecule has 24 heavy (non-hydrogen) atoms. The third-order valence-electron chi connectivity index (χ3n) is 3.62. The Morgan fingerprint density at radius 2 is 1.92 bits per heavy atom. The molecule has 0 aliphatic rings. The quantitative estimate of drug-likeness (QED) is 0.391. The largest absolute Gasteiger partial charge is 0.380 e. The van der Waals surface area contributed by atoms with Crippen molar-refractivity contribution in [2.75, 3.05) is 44.3 Å². The normalized spacial score (nSPS) is 11.5. The number of benzene rings is 1. The molecule has 5 nitrogen and oxygen atoms in total. The van der Waals surface area contributed by atoms with E-state index >= 15 is 0 Å². The molecule has 0 amide bonds. The fraction of sp³-hybridized carbons (Fsp3) is 0.611. The number of nitrogens with zero attached hydrogens (tertiary/aromatic N) is 2. The van der Waals surface area contributed by atoms with E-state index in [1.165, 1.54) is 0 Å². The van der Waals surface area contributed by atoms with Crippen molar-refractivity contribution in [2.45, 2.75) is 34.2 Å². The summed E-state index contributed by atoms with van der Waals surface area (Å²) in [6, 6.07) is 5.34. The lowest BCUT2D eigenvalue weighted by atomic mass is 10.2. The number of halogens is 1. The first-order chi connectivity index (χ1) is 11.7. The number of hydrogen-bond donors (Lipinski definition) is 2. The molecule has 0 aliphatic carbocycles. The second-order valence-corrected chi connectivity index (χ2v) is 5.28. The van der Waals surface area contributed by atoms with Crippen LogP contribution in [-0.2, 0) is 11.3 Å². The smallest absolute Gasteiger partial charge is 0.191 e. The Morgan fingerprint density at radius 1 is 1.17 bits per heavy atom. The molecule has 0 fully saturated rings. The van der Waals surface area contributed by atoms with E-state index in [0.717, 1.165) is 25.2 Å². The highest BCUT2D eigenvalue weighted by Crippen LogP contribution is 2.20. The van der Waals surface area contributed by atoms with Crippen molar-refractivity contribution in [3.05, 3.63) is 29.6 Å². The van der Waals surface area contributed by atoms with E-state index in [1.807, 2.05) is 44.7 Å². The maximum atomic E-state index is 14.3. The van der Waals surface area contributed by atoms with Gasteiger partial charge in [-0.2, -0.15) is 0 Å². The first kappa shape index (κ1) is 20.2. The van der Waals surface area contributed by atoms with Gasteiger partial charge in [-0.15, -0.1) is 0 Å². The summed E-state index contributed by atoms with van der Waals surface area (Å²) >= 11 is 0. The second-order valence-electron chi connectivity index (χ2n) is 5.28. The molecule has 0 aliphatic heterocycles. The molecule has 0 unspecified atom stereocenters. The first-order valence-corrected chi connectivity index (χ1v) is 8.79. The van der Waals surface area contributed by atoms with Crippen LogP contribution in [0.3, 0.4) is 0 Å². The average Bonchev–Trinajstić information content (AvgIpc) is 2.59. The molecule has 0 saturated heterocycles. The van der Waals surface area contributed by atoms with Gasteiger partial charge in [0.2, 0.25) is 0 Å². The fourth-order valence-electron chi connectivity index (χ4n) is 2.37. The fourth-order valence-corrected chi connectivity index (χ4v) is 2.37. The molecule has 0 spiro atoms. The van der Waals surface area contributed by atoms with Gasteiger partial charge in [0.1, 0.15) is 5.82 Å². The first-order valence-electron chi connectivity index (χ1n) is 8.79. The minimum Gasteiger partial charge on any atom is -0.380 e. The van der Waals surface area contributed by atoms with Gasteiger partial charge in [-0.3, -0.25) is 0 Å². The van der Waals surface area contributed by atoms with Crippen LogP contribution in [0.4, 0.5) is 10.1 Å².